The molecule has 140 valence electrons. The highest BCUT2D eigenvalue weighted by Gasteiger charge is 2.17. The molecule has 0 amide bonds. The second-order valence-electron chi connectivity index (χ2n) is 6.44. The molecule has 0 radical (unpaired) electrons. The third-order valence-corrected chi connectivity index (χ3v) is 4.88. The van der Waals surface area contributed by atoms with Gasteiger partial charge in [0.15, 0.2) is 5.16 Å². The molecular formula is C16H28N6O2S. The SMILES string of the molecule is CC(C)Nc1nc(SCCN2CCOCC2)nc(N2CCOCC2)n1. The smallest absolute Gasteiger partial charge is 0.231 e. The number of ether oxygens (including phenoxy) is 2. The van der Waals surface area contributed by atoms with E-state index in [1.807, 2.05) is 0 Å². The fourth-order valence-electron chi connectivity index (χ4n) is 2.73. The van der Waals surface area contributed by atoms with E-state index in [1.165, 1.54) is 0 Å². The summed E-state index contributed by atoms with van der Waals surface area (Å²) in [5.74, 6) is 2.36. The van der Waals surface area contributed by atoms with Crippen LogP contribution in [0.25, 0.3) is 0 Å². The van der Waals surface area contributed by atoms with E-state index in [0.717, 1.165) is 76.0 Å². The molecule has 2 aliphatic rings. The van der Waals surface area contributed by atoms with Crippen molar-refractivity contribution in [1.82, 2.24) is 19.9 Å². The van der Waals surface area contributed by atoms with Crippen molar-refractivity contribution in [1.29, 1.82) is 0 Å². The predicted octanol–water partition coefficient (Wildman–Crippen LogP) is 0.953. The highest BCUT2D eigenvalue weighted by molar-refractivity contribution is 7.99. The Labute approximate surface area is 153 Å². The Bertz CT molecular complexity index is 535. The Hall–Kier alpha value is -1.16. The van der Waals surface area contributed by atoms with Crippen LogP contribution in [0.5, 0.6) is 0 Å². The van der Waals surface area contributed by atoms with Gasteiger partial charge in [0, 0.05) is 44.5 Å². The number of aromatic nitrogens is 3. The maximum absolute atomic E-state index is 5.43. The highest BCUT2D eigenvalue weighted by atomic mass is 32.2. The van der Waals surface area contributed by atoms with E-state index >= 15 is 0 Å². The third-order valence-electron chi connectivity index (χ3n) is 4.06. The van der Waals surface area contributed by atoms with E-state index in [4.69, 9.17) is 9.47 Å². The summed E-state index contributed by atoms with van der Waals surface area (Å²) in [4.78, 5) is 18.4. The van der Waals surface area contributed by atoms with Gasteiger partial charge in [0.05, 0.1) is 26.4 Å². The van der Waals surface area contributed by atoms with E-state index in [9.17, 15) is 0 Å². The number of anilines is 2. The fourth-order valence-corrected chi connectivity index (χ4v) is 3.56. The van der Waals surface area contributed by atoms with Crippen LogP contribution < -0.4 is 10.2 Å². The van der Waals surface area contributed by atoms with E-state index in [-0.39, 0.29) is 6.04 Å². The summed E-state index contributed by atoms with van der Waals surface area (Å²) in [6.45, 7) is 12.0. The first-order valence-electron chi connectivity index (χ1n) is 8.99. The second kappa shape index (κ2) is 9.51. The zero-order valence-corrected chi connectivity index (χ0v) is 15.9. The van der Waals surface area contributed by atoms with Crippen molar-refractivity contribution in [2.24, 2.45) is 0 Å². The van der Waals surface area contributed by atoms with Crippen LogP contribution in [0.2, 0.25) is 0 Å². The minimum absolute atomic E-state index is 0.283. The van der Waals surface area contributed by atoms with Crippen molar-refractivity contribution in [2.45, 2.75) is 25.0 Å². The van der Waals surface area contributed by atoms with Gasteiger partial charge in [-0.2, -0.15) is 15.0 Å². The lowest BCUT2D eigenvalue weighted by molar-refractivity contribution is 0.0410. The summed E-state index contributed by atoms with van der Waals surface area (Å²) in [7, 11) is 0. The first-order chi connectivity index (χ1) is 12.2. The van der Waals surface area contributed by atoms with Gasteiger partial charge in [0.2, 0.25) is 11.9 Å². The van der Waals surface area contributed by atoms with Crippen molar-refractivity contribution in [2.75, 3.05) is 75.1 Å². The number of thioether (sulfide) groups is 1. The Kier molecular flexibility index (Phi) is 7.09. The molecule has 1 aromatic heterocycles. The maximum Gasteiger partial charge on any atom is 0.231 e. The molecule has 0 bridgehead atoms. The number of hydrogen-bond donors (Lipinski definition) is 1. The number of morpholine rings is 2. The van der Waals surface area contributed by atoms with Gasteiger partial charge in [0.25, 0.3) is 0 Å². The third kappa shape index (κ3) is 5.95. The molecule has 3 rings (SSSR count). The summed E-state index contributed by atoms with van der Waals surface area (Å²) >= 11 is 1.69. The average Bonchev–Trinajstić information content (AvgIpc) is 2.63. The molecule has 1 aromatic rings. The molecule has 2 aliphatic heterocycles. The molecule has 0 atom stereocenters. The van der Waals surface area contributed by atoms with E-state index in [1.54, 1.807) is 11.8 Å². The Morgan fingerprint density at radius 2 is 1.68 bits per heavy atom. The molecule has 0 saturated carbocycles. The van der Waals surface area contributed by atoms with Gasteiger partial charge in [-0.25, -0.2) is 0 Å². The summed E-state index contributed by atoms with van der Waals surface area (Å²) in [6, 6.07) is 0.283. The Morgan fingerprint density at radius 3 is 2.36 bits per heavy atom. The molecule has 25 heavy (non-hydrogen) atoms. The molecule has 8 nitrogen and oxygen atoms in total. The van der Waals surface area contributed by atoms with Gasteiger partial charge >= 0.3 is 0 Å². The lowest BCUT2D eigenvalue weighted by Gasteiger charge is -2.27. The van der Waals surface area contributed by atoms with Crippen LogP contribution in [0, 0.1) is 0 Å². The first kappa shape index (κ1) is 18.6. The molecule has 0 spiro atoms. The quantitative estimate of drug-likeness (QED) is 0.708. The van der Waals surface area contributed by atoms with Crippen LogP contribution in [-0.2, 0) is 9.47 Å². The van der Waals surface area contributed by atoms with Crippen LogP contribution in [0.15, 0.2) is 5.16 Å². The van der Waals surface area contributed by atoms with Gasteiger partial charge in [-0.15, -0.1) is 0 Å². The topological polar surface area (TPSA) is 75.6 Å². The van der Waals surface area contributed by atoms with E-state index in [0.29, 0.717) is 5.95 Å². The molecule has 3 heterocycles. The number of rotatable bonds is 7. The van der Waals surface area contributed by atoms with E-state index in [2.05, 4.69) is 43.9 Å². The predicted molar refractivity (Wildman–Crippen MR) is 99.6 cm³/mol. The maximum atomic E-state index is 5.43. The molecular weight excluding hydrogens is 340 g/mol. The standard InChI is InChI=1S/C16H28N6O2S/c1-13(2)17-14-18-15(22-5-10-24-11-6-22)20-16(19-14)25-12-7-21-3-8-23-9-4-21/h13H,3-12H2,1-2H3,(H,17,18,19,20). The van der Waals surface area contributed by atoms with Crippen LogP contribution in [0.3, 0.4) is 0 Å². The van der Waals surface area contributed by atoms with Gasteiger partial charge in [-0.3, -0.25) is 4.90 Å². The largest absolute Gasteiger partial charge is 0.379 e. The summed E-state index contributed by atoms with van der Waals surface area (Å²) in [5, 5.41) is 4.09. The van der Waals surface area contributed by atoms with Crippen molar-refractivity contribution in [3.05, 3.63) is 0 Å². The molecule has 0 aliphatic carbocycles. The van der Waals surface area contributed by atoms with Crippen molar-refractivity contribution in [3.63, 3.8) is 0 Å². The van der Waals surface area contributed by atoms with Crippen molar-refractivity contribution < 1.29 is 9.47 Å². The van der Waals surface area contributed by atoms with E-state index < -0.39 is 0 Å². The molecule has 0 aromatic carbocycles. The van der Waals surface area contributed by atoms with Gasteiger partial charge in [-0.05, 0) is 13.8 Å². The minimum Gasteiger partial charge on any atom is -0.379 e. The van der Waals surface area contributed by atoms with Crippen LogP contribution in [0.4, 0.5) is 11.9 Å². The van der Waals surface area contributed by atoms with Gasteiger partial charge in [-0.1, -0.05) is 11.8 Å². The molecule has 2 fully saturated rings. The number of hydrogen-bond acceptors (Lipinski definition) is 9. The van der Waals surface area contributed by atoms with Crippen molar-refractivity contribution >= 4 is 23.7 Å². The normalized spacial score (nSPS) is 19.4. The summed E-state index contributed by atoms with van der Waals surface area (Å²) < 4.78 is 10.8. The van der Waals surface area contributed by atoms with Crippen molar-refractivity contribution in [3.8, 4) is 0 Å². The monoisotopic (exact) mass is 368 g/mol. The lowest BCUT2D eigenvalue weighted by Crippen LogP contribution is -2.38. The summed E-state index contributed by atoms with van der Waals surface area (Å²) in [5.41, 5.74) is 0. The number of nitrogens with one attached hydrogen (secondary N) is 1. The molecule has 9 heteroatoms. The van der Waals surface area contributed by atoms with Gasteiger partial charge in [0.1, 0.15) is 0 Å². The highest BCUT2D eigenvalue weighted by Crippen LogP contribution is 2.20. The second-order valence-corrected chi connectivity index (χ2v) is 7.50. The minimum atomic E-state index is 0.283. The van der Waals surface area contributed by atoms with Crippen LogP contribution in [0.1, 0.15) is 13.8 Å². The zero-order chi connectivity index (χ0) is 17.5. The number of nitrogens with zero attached hydrogens (tertiary/aromatic N) is 5. The average molecular weight is 369 g/mol. The summed E-state index contributed by atoms with van der Waals surface area (Å²) in [6.07, 6.45) is 0. The van der Waals surface area contributed by atoms with Crippen LogP contribution >= 0.6 is 11.8 Å². The molecule has 0 unspecified atom stereocenters. The Balaban J connectivity index is 1.63. The molecule has 2 saturated heterocycles. The molecule has 1 N–H and O–H groups in total. The fraction of sp³-hybridized carbons (Fsp3) is 0.812. The van der Waals surface area contributed by atoms with Gasteiger partial charge < -0.3 is 19.7 Å². The Morgan fingerprint density at radius 1 is 1.00 bits per heavy atom. The van der Waals surface area contributed by atoms with Crippen LogP contribution in [-0.4, -0.2) is 90.8 Å². The lowest BCUT2D eigenvalue weighted by atomic mass is 10.4. The first-order valence-corrected chi connectivity index (χ1v) is 9.97. The zero-order valence-electron chi connectivity index (χ0n) is 15.1.